The second-order valence-electron chi connectivity index (χ2n) is 4.95. The Labute approximate surface area is 130 Å². The molecule has 0 fully saturated rings. The summed E-state index contributed by atoms with van der Waals surface area (Å²) in [5.41, 5.74) is 2.30. The second-order valence-corrected chi connectivity index (χ2v) is 6.27. The fourth-order valence-electron chi connectivity index (χ4n) is 2.19. The van der Waals surface area contributed by atoms with Gasteiger partial charge in [-0.05, 0) is 31.5 Å². The van der Waals surface area contributed by atoms with E-state index in [1.807, 2.05) is 19.2 Å². The standard InChI is InChI=1S/C16H22N2O2S/c1-11(17-8-15-9-18-12(2)21-15)13-5-6-16(20-4)14(7-13)10-19-3/h5-7,9,11,17H,8,10H2,1-4H3. The van der Waals surface area contributed by atoms with Crippen molar-refractivity contribution in [3.05, 3.63) is 45.4 Å². The molecule has 1 N–H and O–H groups in total. The van der Waals surface area contributed by atoms with Crippen LogP contribution in [0.25, 0.3) is 0 Å². The van der Waals surface area contributed by atoms with Crippen molar-refractivity contribution in [1.29, 1.82) is 0 Å². The summed E-state index contributed by atoms with van der Waals surface area (Å²) >= 11 is 1.73. The Morgan fingerprint density at radius 3 is 2.76 bits per heavy atom. The molecule has 0 radical (unpaired) electrons. The van der Waals surface area contributed by atoms with Gasteiger partial charge in [0.25, 0.3) is 0 Å². The molecule has 1 aromatic heterocycles. The van der Waals surface area contributed by atoms with E-state index in [1.54, 1.807) is 25.6 Å². The maximum Gasteiger partial charge on any atom is 0.124 e. The van der Waals surface area contributed by atoms with Gasteiger partial charge in [0.2, 0.25) is 0 Å². The third-order valence-corrected chi connectivity index (χ3v) is 4.27. The van der Waals surface area contributed by atoms with E-state index >= 15 is 0 Å². The first-order chi connectivity index (χ1) is 10.1. The Bertz CT molecular complexity index is 583. The maximum absolute atomic E-state index is 5.36. The van der Waals surface area contributed by atoms with Gasteiger partial charge in [-0.1, -0.05) is 6.07 Å². The average molecular weight is 306 g/mol. The van der Waals surface area contributed by atoms with Gasteiger partial charge in [0.05, 0.1) is 18.7 Å². The van der Waals surface area contributed by atoms with E-state index in [-0.39, 0.29) is 6.04 Å². The van der Waals surface area contributed by atoms with Crippen LogP contribution in [0.5, 0.6) is 5.75 Å². The summed E-state index contributed by atoms with van der Waals surface area (Å²) in [4.78, 5) is 5.53. The molecule has 0 saturated carbocycles. The molecule has 0 amide bonds. The van der Waals surface area contributed by atoms with Crippen molar-refractivity contribution in [3.8, 4) is 5.75 Å². The van der Waals surface area contributed by atoms with Crippen LogP contribution in [0.3, 0.4) is 0 Å². The van der Waals surface area contributed by atoms with Crippen LogP contribution in [0.15, 0.2) is 24.4 Å². The maximum atomic E-state index is 5.36. The van der Waals surface area contributed by atoms with E-state index in [4.69, 9.17) is 9.47 Å². The van der Waals surface area contributed by atoms with Gasteiger partial charge in [-0.25, -0.2) is 4.98 Å². The van der Waals surface area contributed by atoms with Crippen molar-refractivity contribution in [3.63, 3.8) is 0 Å². The number of hydrogen-bond acceptors (Lipinski definition) is 5. The van der Waals surface area contributed by atoms with Crippen LogP contribution < -0.4 is 10.1 Å². The van der Waals surface area contributed by atoms with E-state index < -0.39 is 0 Å². The lowest BCUT2D eigenvalue weighted by Crippen LogP contribution is -2.17. The first-order valence-electron chi connectivity index (χ1n) is 6.94. The van der Waals surface area contributed by atoms with Gasteiger partial charge >= 0.3 is 0 Å². The highest BCUT2D eigenvalue weighted by molar-refractivity contribution is 7.11. The highest BCUT2D eigenvalue weighted by Gasteiger charge is 2.10. The van der Waals surface area contributed by atoms with E-state index in [2.05, 4.69) is 29.4 Å². The summed E-state index contributed by atoms with van der Waals surface area (Å²) in [5, 5.41) is 4.63. The number of benzene rings is 1. The molecular formula is C16H22N2O2S. The molecule has 2 rings (SSSR count). The van der Waals surface area contributed by atoms with E-state index in [0.717, 1.165) is 22.9 Å². The summed E-state index contributed by atoms with van der Waals surface area (Å²) in [6, 6.07) is 6.48. The topological polar surface area (TPSA) is 43.4 Å². The number of rotatable bonds is 7. The largest absolute Gasteiger partial charge is 0.496 e. The van der Waals surface area contributed by atoms with Gasteiger partial charge in [-0.2, -0.15) is 0 Å². The molecule has 0 aliphatic heterocycles. The second kappa shape index (κ2) is 7.54. The van der Waals surface area contributed by atoms with Crippen molar-refractivity contribution in [2.75, 3.05) is 14.2 Å². The van der Waals surface area contributed by atoms with Gasteiger partial charge in [0, 0.05) is 36.3 Å². The van der Waals surface area contributed by atoms with Gasteiger partial charge in [0.15, 0.2) is 0 Å². The Balaban J connectivity index is 2.04. The average Bonchev–Trinajstić information content (AvgIpc) is 2.90. The number of aromatic nitrogens is 1. The number of methoxy groups -OCH3 is 2. The highest BCUT2D eigenvalue weighted by atomic mass is 32.1. The Hall–Kier alpha value is -1.43. The molecule has 1 unspecified atom stereocenters. The van der Waals surface area contributed by atoms with Gasteiger partial charge in [-0.3, -0.25) is 0 Å². The van der Waals surface area contributed by atoms with Crippen molar-refractivity contribution >= 4 is 11.3 Å². The summed E-state index contributed by atoms with van der Waals surface area (Å²) in [6.07, 6.45) is 1.93. The zero-order valence-corrected chi connectivity index (χ0v) is 13.8. The molecule has 2 aromatic rings. The molecule has 0 bridgehead atoms. The Morgan fingerprint density at radius 2 is 2.14 bits per heavy atom. The van der Waals surface area contributed by atoms with Gasteiger partial charge < -0.3 is 14.8 Å². The van der Waals surface area contributed by atoms with Gasteiger partial charge in [0.1, 0.15) is 5.75 Å². The van der Waals surface area contributed by atoms with Crippen LogP contribution in [0.4, 0.5) is 0 Å². The summed E-state index contributed by atoms with van der Waals surface area (Å²) in [6.45, 7) is 5.57. The number of nitrogens with zero attached hydrogens (tertiary/aromatic N) is 1. The molecule has 114 valence electrons. The number of aryl methyl sites for hydroxylation is 1. The van der Waals surface area contributed by atoms with Crippen LogP contribution in [-0.2, 0) is 17.9 Å². The molecule has 21 heavy (non-hydrogen) atoms. The summed E-state index contributed by atoms with van der Waals surface area (Å²) < 4.78 is 10.6. The van der Waals surface area contributed by atoms with Crippen molar-refractivity contribution in [1.82, 2.24) is 10.3 Å². The Kier molecular flexibility index (Phi) is 5.73. The number of nitrogens with one attached hydrogen (secondary N) is 1. The van der Waals surface area contributed by atoms with Crippen LogP contribution >= 0.6 is 11.3 Å². The minimum atomic E-state index is 0.258. The van der Waals surface area contributed by atoms with E-state index in [1.165, 1.54) is 10.4 Å². The normalized spacial score (nSPS) is 12.4. The number of ether oxygens (including phenoxy) is 2. The fourth-order valence-corrected chi connectivity index (χ4v) is 2.94. The molecule has 0 aliphatic rings. The number of hydrogen-bond donors (Lipinski definition) is 1. The Morgan fingerprint density at radius 1 is 1.33 bits per heavy atom. The first-order valence-corrected chi connectivity index (χ1v) is 7.76. The van der Waals surface area contributed by atoms with Crippen molar-refractivity contribution in [2.45, 2.75) is 33.0 Å². The van der Waals surface area contributed by atoms with Crippen molar-refractivity contribution < 1.29 is 9.47 Å². The smallest absolute Gasteiger partial charge is 0.124 e. The van der Waals surface area contributed by atoms with Crippen LogP contribution in [0.1, 0.15) is 34.0 Å². The predicted molar refractivity (Wildman–Crippen MR) is 85.8 cm³/mol. The third kappa shape index (κ3) is 4.27. The molecule has 1 heterocycles. The van der Waals surface area contributed by atoms with Crippen LogP contribution in [0, 0.1) is 6.92 Å². The molecule has 0 saturated heterocycles. The molecule has 5 heteroatoms. The third-order valence-electron chi connectivity index (χ3n) is 3.36. The number of thiazole rings is 1. The minimum absolute atomic E-state index is 0.258. The first kappa shape index (κ1) is 15.9. The van der Waals surface area contributed by atoms with Crippen molar-refractivity contribution in [2.24, 2.45) is 0 Å². The summed E-state index contributed by atoms with van der Waals surface area (Å²) in [7, 11) is 3.38. The molecule has 4 nitrogen and oxygen atoms in total. The molecule has 1 atom stereocenters. The van der Waals surface area contributed by atoms with Gasteiger partial charge in [-0.15, -0.1) is 11.3 Å². The summed E-state index contributed by atoms with van der Waals surface area (Å²) in [5.74, 6) is 0.867. The molecule has 0 aliphatic carbocycles. The zero-order chi connectivity index (χ0) is 15.2. The minimum Gasteiger partial charge on any atom is -0.496 e. The fraction of sp³-hybridized carbons (Fsp3) is 0.438. The molecule has 0 spiro atoms. The zero-order valence-electron chi connectivity index (χ0n) is 13.0. The monoisotopic (exact) mass is 306 g/mol. The lowest BCUT2D eigenvalue weighted by molar-refractivity contribution is 0.181. The lowest BCUT2D eigenvalue weighted by Gasteiger charge is -2.16. The van der Waals surface area contributed by atoms with Crippen LogP contribution in [0.2, 0.25) is 0 Å². The molecule has 1 aromatic carbocycles. The predicted octanol–water partition coefficient (Wildman–Crippen LogP) is 3.46. The SMILES string of the molecule is COCc1cc(C(C)NCc2cnc(C)s2)ccc1OC. The highest BCUT2D eigenvalue weighted by Crippen LogP contribution is 2.24. The van der Waals surface area contributed by atoms with E-state index in [0.29, 0.717) is 6.61 Å². The van der Waals surface area contributed by atoms with E-state index in [9.17, 15) is 0 Å². The lowest BCUT2D eigenvalue weighted by atomic mass is 10.0. The quantitative estimate of drug-likeness (QED) is 0.851. The molecular weight excluding hydrogens is 284 g/mol. The van der Waals surface area contributed by atoms with Crippen LogP contribution in [-0.4, -0.2) is 19.2 Å².